The maximum atomic E-state index is 10.5. The van der Waals surface area contributed by atoms with Crippen LogP contribution in [0.4, 0.5) is 0 Å². The molecule has 5 atom stereocenters. The highest BCUT2D eigenvalue weighted by molar-refractivity contribution is 6.31. The molecule has 29 heavy (non-hydrogen) atoms. The van der Waals surface area contributed by atoms with Gasteiger partial charge < -0.3 is 34.9 Å². The number of rotatable bonds is 4. The number of methoxy groups -OCH3 is 1. The zero-order valence-corrected chi connectivity index (χ0v) is 16.7. The minimum Gasteiger partial charge on any atom is -0.486 e. The van der Waals surface area contributed by atoms with Crippen LogP contribution in [0.2, 0.25) is 5.02 Å². The summed E-state index contributed by atoms with van der Waals surface area (Å²) in [5.74, 6) is 1.45. The van der Waals surface area contributed by atoms with Crippen molar-refractivity contribution in [1.29, 1.82) is 0 Å². The fourth-order valence-electron chi connectivity index (χ4n) is 3.69. The van der Waals surface area contributed by atoms with Crippen molar-refractivity contribution < 1.29 is 29.2 Å². The van der Waals surface area contributed by atoms with Gasteiger partial charge in [-0.05, 0) is 41.3 Å². The molecule has 0 aliphatic carbocycles. The zero-order valence-electron chi connectivity index (χ0n) is 16.0. The van der Waals surface area contributed by atoms with Crippen molar-refractivity contribution in [2.24, 2.45) is 5.73 Å². The lowest BCUT2D eigenvalue weighted by atomic mass is 9.91. The van der Waals surface area contributed by atoms with Crippen molar-refractivity contribution in [3.63, 3.8) is 0 Å². The molecule has 0 aromatic heterocycles. The summed E-state index contributed by atoms with van der Waals surface area (Å²) in [5, 5.41) is 21.2. The third-order valence-corrected chi connectivity index (χ3v) is 5.66. The molecular weight excluding hydrogens is 398 g/mol. The predicted octanol–water partition coefficient (Wildman–Crippen LogP) is 1.79. The maximum Gasteiger partial charge on any atom is 0.185 e. The van der Waals surface area contributed by atoms with Crippen LogP contribution in [0.5, 0.6) is 11.5 Å². The molecule has 2 aliphatic rings. The molecule has 5 unspecified atom stereocenters. The van der Waals surface area contributed by atoms with E-state index in [-0.39, 0.29) is 0 Å². The maximum absolute atomic E-state index is 10.5. The molecule has 0 spiro atoms. The van der Waals surface area contributed by atoms with E-state index < -0.39 is 30.6 Å². The Kier molecular flexibility index (Phi) is 5.96. The van der Waals surface area contributed by atoms with Crippen LogP contribution in [-0.2, 0) is 15.9 Å². The van der Waals surface area contributed by atoms with Crippen molar-refractivity contribution >= 4 is 11.6 Å². The number of benzene rings is 2. The molecule has 0 bridgehead atoms. The standard InChI is InChI=1S/C21H24ClNO6/c1-26-21-19(25)17(23)18(24)20(29-21)12-3-4-14(22)13(10-12)8-11-2-5-15-16(9-11)28-7-6-27-15/h2-5,9-10,17-21,24-25H,6-8,23H2,1H3. The van der Waals surface area contributed by atoms with Gasteiger partial charge in [-0.3, -0.25) is 0 Å². The van der Waals surface area contributed by atoms with Gasteiger partial charge in [-0.15, -0.1) is 0 Å². The molecule has 2 aliphatic heterocycles. The molecule has 1 saturated heterocycles. The number of hydrogen-bond acceptors (Lipinski definition) is 7. The van der Waals surface area contributed by atoms with Crippen LogP contribution in [0.1, 0.15) is 22.8 Å². The van der Waals surface area contributed by atoms with Gasteiger partial charge in [0.05, 0.1) is 6.04 Å². The fourth-order valence-corrected chi connectivity index (χ4v) is 3.87. The quantitative estimate of drug-likeness (QED) is 0.691. The average Bonchev–Trinajstić information content (AvgIpc) is 2.74. The molecule has 7 nitrogen and oxygen atoms in total. The van der Waals surface area contributed by atoms with E-state index in [0.717, 1.165) is 22.6 Å². The van der Waals surface area contributed by atoms with Gasteiger partial charge in [0.15, 0.2) is 17.8 Å². The Morgan fingerprint density at radius 1 is 1.07 bits per heavy atom. The number of halogens is 1. The van der Waals surface area contributed by atoms with Gasteiger partial charge in [0.1, 0.15) is 31.5 Å². The molecule has 1 fully saturated rings. The molecule has 2 aromatic carbocycles. The molecule has 4 N–H and O–H groups in total. The second-order valence-electron chi connectivity index (χ2n) is 7.22. The minimum absolute atomic E-state index is 0.524. The second-order valence-corrected chi connectivity index (χ2v) is 7.63. The lowest BCUT2D eigenvalue weighted by molar-refractivity contribution is -0.265. The number of aliphatic hydroxyl groups excluding tert-OH is 2. The number of aliphatic hydroxyl groups is 2. The largest absolute Gasteiger partial charge is 0.486 e. The van der Waals surface area contributed by atoms with E-state index >= 15 is 0 Å². The number of ether oxygens (including phenoxy) is 4. The van der Waals surface area contributed by atoms with E-state index in [1.54, 1.807) is 12.1 Å². The number of hydrogen-bond donors (Lipinski definition) is 3. The van der Waals surface area contributed by atoms with Crippen LogP contribution in [0.3, 0.4) is 0 Å². The Morgan fingerprint density at radius 2 is 1.83 bits per heavy atom. The van der Waals surface area contributed by atoms with E-state index in [2.05, 4.69) is 0 Å². The van der Waals surface area contributed by atoms with Gasteiger partial charge in [0.25, 0.3) is 0 Å². The second kappa shape index (κ2) is 8.47. The highest BCUT2D eigenvalue weighted by atomic mass is 35.5. The van der Waals surface area contributed by atoms with Crippen molar-refractivity contribution in [3.05, 3.63) is 58.1 Å². The third-order valence-electron chi connectivity index (χ3n) is 5.29. The molecule has 0 saturated carbocycles. The Hall–Kier alpha value is -1.87. The third kappa shape index (κ3) is 4.07. The van der Waals surface area contributed by atoms with Gasteiger partial charge in [-0.2, -0.15) is 0 Å². The fraction of sp³-hybridized carbons (Fsp3) is 0.429. The normalized spacial score (nSPS) is 28.9. The van der Waals surface area contributed by atoms with Gasteiger partial charge in [-0.1, -0.05) is 29.8 Å². The lowest BCUT2D eigenvalue weighted by Gasteiger charge is -2.40. The summed E-state index contributed by atoms with van der Waals surface area (Å²) in [6.07, 6.45) is -3.30. The van der Waals surface area contributed by atoms with E-state index in [1.807, 2.05) is 24.3 Å². The Morgan fingerprint density at radius 3 is 2.59 bits per heavy atom. The molecule has 0 amide bonds. The molecule has 2 heterocycles. The molecule has 4 rings (SSSR count). The zero-order chi connectivity index (χ0) is 20.5. The van der Waals surface area contributed by atoms with Gasteiger partial charge in [0, 0.05) is 12.1 Å². The van der Waals surface area contributed by atoms with Gasteiger partial charge in [-0.25, -0.2) is 0 Å². The summed E-state index contributed by atoms with van der Waals surface area (Å²) in [6, 6.07) is 10.3. The van der Waals surface area contributed by atoms with E-state index in [9.17, 15) is 10.2 Å². The lowest BCUT2D eigenvalue weighted by Crippen LogP contribution is -2.58. The van der Waals surface area contributed by atoms with Crippen LogP contribution in [0, 0.1) is 0 Å². The van der Waals surface area contributed by atoms with Crippen LogP contribution in [0.15, 0.2) is 36.4 Å². The predicted molar refractivity (Wildman–Crippen MR) is 106 cm³/mol. The minimum atomic E-state index is -1.12. The van der Waals surface area contributed by atoms with E-state index in [1.165, 1.54) is 7.11 Å². The van der Waals surface area contributed by atoms with Crippen molar-refractivity contribution in [2.45, 2.75) is 37.1 Å². The topological polar surface area (TPSA) is 103 Å². The first-order valence-electron chi connectivity index (χ1n) is 9.44. The van der Waals surface area contributed by atoms with Crippen LogP contribution < -0.4 is 15.2 Å². The summed E-state index contributed by atoms with van der Waals surface area (Å²) < 4.78 is 22.1. The highest BCUT2D eigenvalue weighted by Crippen LogP contribution is 2.35. The van der Waals surface area contributed by atoms with Crippen LogP contribution in [0.25, 0.3) is 0 Å². The highest BCUT2D eigenvalue weighted by Gasteiger charge is 2.43. The SMILES string of the molecule is COC1OC(c2ccc(Cl)c(Cc3ccc4c(c3)OCCO4)c2)C(O)C(N)C1O. The van der Waals surface area contributed by atoms with Crippen molar-refractivity contribution in [1.82, 2.24) is 0 Å². The summed E-state index contributed by atoms with van der Waals surface area (Å²) in [6.45, 7) is 1.07. The molecule has 8 heteroatoms. The Balaban J connectivity index is 1.59. The number of nitrogens with two attached hydrogens (primary N) is 1. The summed E-state index contributed by atoms with van der Waals surface area (Å²) in [5.41, 5.74) is 8.55. The monoisotopic (exact) mass is 421 g/mol. The Bertz CT molecular complexity index is 876. The molecule has 156 valence electrons. The first kappa shape index (κ1) is 20.4. The first-order valence-corrected chi connectivity index (χ1v) is 9.82. The molecule has 2 aromatic rings. The van der Waals surface area contributed by atoms with Gasteiger partial charge >= 0.3 is 0 Å². The first-order chi connectivity index (χ1) is 14.0. The van der Waals surface area contributed by atoms with Crippen LogP contribution >= 0.6 is 11.6 Å². The summed E-state index contributed by atoms with van der Waals surface area (Å²) >= 11 is 6.42. The summed E-state index contributed by atoms with van der Waals surface area (Å²) in [4.78, 5) is 0. The molecular formula is C21H24ClNO6. The number of fused-ring (bicyclic) bond motifs is 1. The average molecular weight is 422 g/mol. The van der Waals surface area contributed by atoms with Crippen molar-refractivity contribution in [2.75, 3.05) is 20.3 Å². The van der Waals surface area contributed by atoms with Gasteiger partial charge in [0.2, 0.25) is 0 Å². The summed E-state index contributed by atoms with van der Waals surface area (Å²) in [7, 11) is 1.42. The van der Waals surface area contributed by atoms with E-state index in [4.69, 9.17) is 36.3 Å². The Labute approximate surface area is 173 Å². The van der Waals surface area contributed by atoms with E-state index in [0.29, 0.717) is 30.2 Å². The van der Waals surface area contributed by atoms with Crippen molar-refractivity contribution in [3.8, 4) is 11.5 Å². The van der Waals surface area contributed by atoms with Crippen LogP contribution in [-0.4, -0.2) is 55.1 Å². The smallest absolute Gasteiger partial charge is 0.185 e. The molecule has 0 radical (unpaired) electrons.